The maximum atomic E-state index is 15.4. The number of halogens is 2. The highest BCUT2D eigenvalue weighted by molar-refractivity contribution is 7.98. The topological polar surface area (TPSA) is 84.6 Å². The maximum absolute atomic E-state index is 15.4. The Balaban J connectivity index is 1.47. The number of fused-ring (bicyclic) bond motifs is 3. The summed E-state index contributed by atoms with van der Waals surface area (Å²) in [5, 5.41) is 10.7. The molecule has 9 heteroatoms. The standard InChI is InChI=1S/C29H22F2O5S2/c1-17(29(32)33)15-37-16-18-13-19(10-12-25(18)30)38(34,35)20-9-11-21(26(31)14-20)23-6-4-7-24-22-5-2-3-8-27(22)36-28(23)24/h2-14,17H,15-16H2,1H3,(H,32,33). The SMILES string of the molecule is CC(CSCc1cc(S(=O)(=O)c2ccc(-c3cccc4c3oc3ccccc34)c(F)c2)ccc1F)C(=O)O. The van der Waals surface area contributed by atoms with Crippen molar-refractivity contribution in [1.82, 2.24) is 0 Å². The first kappa shape index (κ1) is 25.9. The highest BCUT2D eigenvalue weighted by Gasteiger charge is 2.23. The minimum Gasteiger partial charge on any atom is -0.481 e. The highest BCUT2D eigenvalue weighted by Crippen LogP contribution is 2.37. The smallest absolute Gasteiger partial charge is 0.307 e. The molecule has 0 fully saturated rings. The molecule has 0 saturated heterocycles. The number of aliphatic carboxylic acids is 1. The van der Waals surface area contributed by atoms with Crippen molar-refractivity contribution in [2.45, 2.75) is 22.5 Å². The van der Waals surface area contributed by atoms with Gasteiger partial charge in [-0.05, 0) is 48.0 Å². The zero-order chi connectivity index (χ0) is 27.0. The average Bonchev–Trinajstić information content (AvgIpc) is 3.28. The Hall–Kier alpha value is -3.69. The average molecular weight is 553 g/mol. The number of rotatable bonds is 8. The van der Waals surface area contributed by atoms with Gasteiger partial charge in [0.25, 0.3) is 0 Å². The van der Waals surface area contributed by atoms with Crippen LogP contribution < -0.4 is 0 Å². The maximum Gasteiger partial charge on any atom is 0.307 e. The van der Waals surface area contributed by atoms with E-state index in [0.717, 1.165) is 29.0 Å². The predicted octanol–water partition coefficient (Wildman–Crippen LogP) is 7.32. The van der Waals surface area contributed by atoms with E-state index in [4.69, 9.17) is 9.52 Å². The van der Waals surface area contributed by atoms with Gasteiger partial charge in [0, 0.05) is 33.4 Å². The number of thioether (sulfide) groups is 1. The monoisotopic (exact) mass is 552 g/mol. The fourth-order valence-corrected chi connectivity index (χ4v) is 6.60. The van der Waals surface area contributed by atoms with Crippen LogP contribution in [0.1, 0.15) is 12.5 Å². The molecule has 0 amide bonds. The van der Waals surface area contributed by atoms with Gasteiger partial charge in [0.05, 0.1) is 15.7 Å². The van der Waals surface area contributed by atoms with Crippen LogP contribution in [-0.4, -0.2) is 25.2 Å². The number of para-hydroxylation sites is 2. The Morgan fingerprint density at radius 2 is 1.61 bits per heavy atom. The van der Waals surface area contributed by atoms with Crippen molar-refractivity contribution in [1.29, 1.82) is 0 Å². The second kappa shape index (κ2) is 10.2. The van der Waals surface area contributed by atoms with Gasteiger partial charge in [0.1, 0.15) is 22.8 Å². The molecule has 0 spiro atoms. The van der Waals surface area contributed by atoms with Crippen molar-refractivity contribution in [2.75, 3.05) is 5.75 Å². The third-order valence-electron chi connectivity index (χ3n) is 6.32. The Labute approximate surface area is 222 Å². The number of furan rings is 1. The molecule has 0 saturated carbocycles. The van der Waals surface area contributed by atoms with Crippen molar-refractivity contribution in [3.63, 3.8) is 0 Å². The van der Waals surface area contributed by atoms with Crippen LogP contribution in [0.15, 0.2) is 93.1 Å². The van der Waals surface area contributed by atoms with Gasteiger partial charge in [-0.2, -0.15) is 11.8 Å². The molecule has 194 valence electrons. The number of carbonyl (C=O) groups is 1. The van der Waals surface area contributed by atoms with Crippen LogP contribution in [0.2, 0.25) is 0 Å². The fraction of sp³-hybridized carbons (Fsp3) is 0.138. The van der Waals surface area contributed by atoms with E-state index in [1.54, 1.807) is 19.1 Å². The predicted molar refractivity (Wildman–Crippen MR) is 144 cm³/mol. The van der Waals surface area contributed by atoms with Gasteiger partial charge < -0.3 is 9.52 Å². The van der Waals surface area contributed by atoms with E-state index in [2.05, 4.69) is 0 Å². The summed E-state index contributed by atoms with van der Waals surface area (Å²) in [5.74, 6) is -2.57. The molecule has 0 radical (unpaired) electrons. The third-order valence-corrected chi connectivity index (χ3v) is 9.32. The van der Waals surface area contributed by atoms with Crippen molar-refractivity contribution in [2.24, 2.45) is 5.92 Å². The number of benzene rings is 4. The highest BCUT2D eigenvalue weighted by atomic mass is 32.2. The molecule has 4 aromatic carbocycles. The second-order valence-corrected chi connectivity index (χ2v) is 11.9. The Bertz CT molecular complexity index is 1790. The van der Waals surface area contributed by atoms with Crippen molar-refractivity contribution in [3.8, 4) is 11.1 Å². The molecule has 0 aliphatic heterocycles. The number of sulfone groups is 1. The van der Waals surface area contributed by atoms with Gasteiger partial charge >= 0.3 is 5.97 Å². The summed E-state index contributed by atoms with van der Waals surface area (Å²) in [4.78, 5) is 10.6. The summed E-state index contributed by atoms with van der Waals surface area (Å²) in [5.41, 5.74) is 1.98. The molecule has 1 heterocycles. The van der Waals surface area contributed by atoms with E-state index in [9.17, 15) is 17.6 Å². The van der Waals surface area contributed by atoms with Crippen LogP contribution in [-0.2, 0) is 20.4 Å². The molecule has 0 aliphatic rings. The van der Waals surface area contributed by atoms with Crippen molar-refractivity contribution < 1.29 is 31.5 Å². The van der Waals surface area contributed by atoms with Crippen LogP contribution in [0, 0.1) is 17.6 Å². The molecule has 5 nitrogen and oxygen atoms in total. The molecule has 1 aromatic heterocycles. The molecular formula is C29H22F2O5S2. The van der Waals surface area contributed by atoms with Crippen molar-refractivity contribution in [3.05, 3.63) is 96.1 Å². The largest absolute Gasteiger partial charge is 0.481 e. The van der Waals surface area contributed by atoms with E-state index in [1.165, 1.54) is 30.0 Å². The van der Waals surface area contributed by atoms with Gasteiger partial charge in [-0.15, -0.1) is 0 Å². The van der Waals surface area contributed by atoms with Crippen LogP contribution in [0.25, 0.3) is 33.1 Å². The Kier molecular flexibility index (Phi) is 6.98. The Morgan fingerprint density at radius 3 is 2.37 bits per heavy atom. The van der Waals surface area contributed by atoms with E-state index in [1.807, 2.05) is 30.3 Å². The van der Waals surface area contributed by atoms with Crippen LogP contribution in [0.5, 0.6) is 0 Å². The first-order valence-corrected chi connectivity index (χ1v) is 14.3. The minimum absolute atomic E-state index is 0.0988. The van der Waals surface area contributed by atoms with E-state index in [0.29, 0.717) is 16.7 Å². The first-order chi connectivity index (χ1) is 18.2. The quantitative estimate of drug-likeness (QED) is 0.203. The van der Waals surface area contributed by atoms with Crippen LogP contribution >= 0.6 is 11.8 Å². The normalized spacial score (nSPS) is 12.7. The van der Waals surface area contributed by atoms with Crippen molar-refractivity contribution >= 4 is 49.5 Å². The summed E-state index contributed by atoms with van der Waals surface area (Å²) in [7, 11) is -4.15. The molecular weight excluding hydrogens is 530 g/mol. The molecule has 5 aromatic rings. The molecule has 0 aliphatic carbocycles. The third kappa shape index (κ3) is 4.79. The van der Waals surface area contributed by atoms with Gasteiger partial charge in [-0.3, -0.25) is 4.79 Å². The summed E-state index contributed by atoms with van der Waals surface area (Å²) < 4.78 is 62.4. The van der Waals surface area contributed by atoms with E-state index >= 15 is 4.39 Å². The molecule has 0 bridgehead atoms. The van der Waals surface area contributed by atoms with Gasteiger partial charge in [0.15, 0.2) is 0 Å². The molecule has 1 unspecified atom stereocenters. The van der Waals surface area contributed by atoms with Gasteiger partial charge in [0.2, 0.25) is 9.84 Å². The van der Waals surface area contributed by atoms with Gasteiger partial charge in [-0.1, -0.05) is 43.3 Å². The minimum atomic E-state index is -4.15. The lowest BCUT2D eigenvalue weighted by molar-refractivity contribution is -0.140. The fourth-order valence-electron chi connectivity index (χ4n) is 4.22. The van der Waals surface area contributed by atoms with Crippen LogP contribution in [0.4, 0.5) is 8.78 Å². The lowest BCUT2D eigenvalue weighted by Gasteiger charge is -2.11. The van der Waals surface area contributed by atoms with E-state index < -0.39 is 33.4 Å². The Morgan fingerprint density at radius 1 is 0.895 bits per heavy atom. The molecule has 5 rings (SSSR count). The summed E-state index contributed by atoms with van der Waals surface area (Å²) in [6, 6.07) is 19.9. The summed E-state index contributed by atoms with van der Waals surface area (Å²) >= 11 is 1.19. The number of carboxylic acids is 1. The summed E-state index contributed by atoms with van der Waals surface area (Å²) in [6.07, 6.45) is 0. The number of hydrogen-bond acceptors (Lipinski definition) is 5. The van der Waals surface area contributed by atoms with Crippen LogP contribution in [0.3, 0.4) is 0 Å². The summed E-state index contributed by atoms with van der Waals surface area (Å²) in [6.45, 7) is 1.54. The zero-order valence-corrected chi connectivity index (χ0v) is 21.8. The lowest BCUT2D eigenvalue weighted by Crippen LogP contribution is -2.12. The zero-order valence-electron chi connectivity index (χ0n) is 20.1. The molecule has 1 atom stereocenters. The lowest BCUT2D eigenvalue weighted by atomic mass is 10.0. The first-order valence-electron chi connectivity index (χ1n) is 11.7. The molecule has 38 heavy (non-hydrogen) atoms. The number of carboxylic acid groups (broad SMARTS) is 1. The van der Waals surface area contributed by atoms with E-state index in [-0.39, 0.29) is 32.4 Å². The number of hydrogen-bond donors (Lipinski definition) is 1. The second-order valence-electron chi connectivity index (χ2n) is 8.93. The molecule has 1 N–H and O–H groups in total. The van der Waals surface area contributed by atoms with Gasteiger partial charge in [-0.25, -0.2) is 17.2 Å².